The van der Waals surface area contributed by atoms with Crippen LogP contribution in [0.1, 0.15) is 43.2 Å². The van der Waals surface area contributed by atoms with E-state index in [-0.39, 0.29) is 16.7 Å². The number of halogens is 1. The van der Waals surface area contributed by atoms with Gasteiger partial charge in [0.1, 0.15) is 11.6 Å². The van der Waals surface area contributed by atoms with Gasteiger partial charge in [-0.05, 0) is 50.1 Å². The first-order valence-corrected chi connectivity index (χ1v) is 10.3. The molecule has 1 atom stereocenters. The number of imide groups is 1. The number of amides is 5. The van der Waals surface area contributed by atoms with E-state index in [1.807, 2.05) is 0 Å². The van der Waals surface area contributed by atoms with Crippen LogP contribution in [0.5, 0.6) is 0 Å². The molecule has 0 radical (unpaired) electrons. The van der Waals surface area contributed by atoms with Crippen LogP contribution in [-0.4, -0.2) is 40.2 Å². The zero-order chi connectivity index (χ0) is 22.2. The molecule has 1 saturated heterocycles. The number of furan rings is 1. The van der Waals surface area contributed by atoms with Crippen molar-refractivity contribution in [3.8, 4) is 0 Å². The molecule has 1 saturated carbocycles. The highest BCUT2D eigenvalue weighted by Crippen LogP contribution is 2.36. The van der Waals surface area contributed by atoms with Crippen LogP contribution >= 0.6 is 11.6 Å². The lowest BCUT2D eigenvalue weighted by atomic mass is 9.97. The summed E-state index contributed by atoms with van der Waals surface area (Å²) >= 11 is 6.23. The van der Waals surface area contributed by atoms with E-state index in [2.05, 4.69) is 16.0 Å². The standard InChI is InChI=1S/C21H21ClN4O5/c1-12(26-19(29)21(25-20(26)30)8-2-3-9-21)17(27)23-13-6-7-15(14(22)11-13)24-18(28)16-5-4-10-31-16/h4-7,10-12H,2-3,8-9H2,1H3,(H,23,27)(H,24,28)(H,25,30). The van der Waals surface area contributed by atoms with E-state index in [1.54, 1.807) is 12.1 Å². The topological polar surface area (TPSA) is 121 Å². The molecule has 1 aromatic heterocycles. The molecule has 2 aromatic rings. The Morgan fingerprint density at radius 1 is 1.19 bits per heavy atom. The van der Waals surface area contributed by atoms with Crippen molar-refractivity contribution in [1.29, 1.82) is 0 Å². The first-order valence-electron chi connectivity index (χ1n) is 9.92. The molecule has 2 fully saturated rings. The van der Waals surface area contributed by atoms with Gasteiger partial charge in [-0.3, -0.25) is 14.4 Å². The molecule has 0 bridgehead atoms. The van der Waals surface area contributed by atoms with E-state index < -0.39 is 29.4 Å². The van der Waals surface area contributed by atoms with Gasteiger partial charge in [0.05, 0.1) is 17.0 Å². The van der Waals surface area contributed by atoms with Gasteiger partial charge in [0, 0.05) is 5.69 Å². The molecule has 1 aromatic carbocycles. The van der Waals surface area contributed by atoms with Gasteiger partial charge in [-0.2, -0.15) is 0 Å². The summed E-state index contributed by atoms with van der Waals surface area (Å²) in [4.78, 5) is 51.0. The number of nitrogens with zero attached hydrogens (tertiary/aromatic N) is 1. The normalized spacial score (nSPS) is 18.2. The fourth-order valence-electron chi connectivity index (χ4n) is 3.96. The second-order valence-electron chi connectivity index (χ2n) is 7.69. The van der Waals surface area contributed by atoms with Gasteiger partial charge >= 0.3 is 6.03 Å². The maximum absolute atomic E-state index is 12.8. The van der Waals surface area contributed by atoms with Crippen LogP contribution in [0.4, 0.5) is 16.2 Å². The molecule has 31 heavy (non-hydrogen) atoms. The highest BCUT2D eigenvalue weighted by molar-refractivity contribution is 6.34. The van der Waals surface area contributed by atoms with Crippen molar-refractivity contribution < 1.29 is 23.6 Å². The maximum atomic E-state index is 12.8. The Hall–Kier alpha value is -3.33. The number of hydrogen-bond donors (Lipinski definition) is 3. The van der Waals surface area contributed by atoms with E-state index in [4.69, 9.17) is 16.0 Å². The van der Waals surface area contributed by atoms with Crippen LogP contribution in [0.15, 0.2) is 41.0 Å². The second kappa shape index (κ2) is 8.07. The molecule has 1 unspecified atom stereocenters. The molecule has 10 heteroatoms. The zero-order valence-corrected chi connectivity index (χ0v) is 17.5. The van der Waals surface area contributed by atoms with E-state index in [1.165, 1.54) is 31.4 Å². The number of nitrogens with one attached hydrogen (secondary N) is 3. The average molecular weight is 445 g/mol. The third kappa shape index (κ3) is 3.88. The molecule has 9 nitrogen and oxygen atoms in total. The number of carbonyl (C=O) groups is 4. The van der Waals surface area contributed by atoms with E-state index in [0.29, 0.717) is 24.2 Å². The van der Waals surface area contributed by atoms with Crippen LogP contribution < -0.4 is 16.0 Å². The number of benzene rings is 1. The first kappa shape index (κ1) is 20.9. The van der Waals surface area contributed by atoms with Gasteiger partial charge in [0.2, 0.25) is 5.91 Å². The molecule has 4 rings (SSSR count). The monoisotopic (exact) mass is 444 g/mol. The lowest BCUT2D eigenvalue weighted by Crippen LogP contribution is -2.48. The fourth-order valence-corrected chi connectivity index (χ4v) is 4.19. The Morgan fingerprint density at radius 2 is 1.94 bits per heavy atom. The molecular weight excluding hydrogens is 424 g/mol. The number of carbonyl (C=O) groups excluding carboxylic acids is 4. The highest BCUT2D eigenvalue weighted by atomic mass is 35.5. The van der Waals surface area contributed by atoms with Gasteiger partial charge in [-0.1, -0.05) is 24.4 Å². The smallest absolute Gasteiger partial charge is 0.325 e. The summed E-state index contributed by atoms with van der Waals surface area (Å²) in [5, 5.41) is 8.24. The third-order valence-electron chi connectivity index (χ3n) is 5.65. The van der Waals surface area contributed by atoms with Crippen LogP contribution in [0.3, 0.4) is 0 Å². The number of rotatable bonds is 5. The highest BCUT2D eigenvalue weighted by Gasteiger charge is 2.54. The van der Waals surface area contributed by atoms with E-state index in [0.717, 1.165) is 17.7 Å². The average Bonchev–Trinajstić information content (AvgIpc) is 3.46. The lowest BCUT2D eigenvalue weighted by molar-refractivity contribution is -0.136. The Bertz CT molecular complexity index is 1050. The van der Waals surface area contributed by atoms with Gasteiger partial charge in [-0.25, -0.2) is 9.69 Å². The van der Waals surface area contributed by atoms with Crippen molar-refractivity contribution >= 4 is 46.7 Å². The zero-order valence-electron chi connectivity index (χ0n) is 16.7. The van der Waals surface area contributed by atoms with Gasteiger partial charge in [0.25, 0.3) is 11.8 Å². The molecule has 2 aliphatic rings. The Morgan fingerprint density at radius 3 is 2.58 bits per heavy atom. The third-order valence-corrected chi connectivity index (χ3v) is 5.96. The summed E-state index contributed by atoms with van der Waals surface area (Å²) in [6, 6.07) is 6.12. The Labute approximate surface area is 183 Å². The fraction of sp³-hybridized carbons (Fsp3) is 0.333. The van der Waals surface area contributed by atoms with Crippen LogP contribution in [0, 0.1) is 0 Å². The van der Waals surface area contributed by atoms with Crippen molar-refractivity contribution in [2.45, 2.75) is 44.2 Å². The SMILES string of the molecule is CC(C(=O)Nc1ccc(NC(=O)c2ccco2)c(Cl)c1)N1C(=O)NC2(CCCC2)C1=O. The number of urea groups is 1. The second-order valence-corrected chi connectivity index (χ2v) is 8.09. The number of hydrogen-bond acceptors (Lipinski definition) is 5. The summed E-state index contributed by atoms with van der Waals surface area (Å²) in [7, 11) is 0. The van der Waals surface area contributed by atoms with Crippen LogP contribution in [-0.2, 0) is 9.59 Å². The van der Waals surface area contributed by atoms with Gasteiger partial charge in [-0.15, -0.1) is 0 Å². The summed E-state index contributed by atoms with van der Waals surface area (Å²) in [5.74, 6) is -1.21. The van der Waals surface area contributed by atoms with Crippen LogP contribution in [0.2, 0.25) is 5.02 Å². The van der Waals surface area contributed by atoms with Gasteiger partial charge < -0.3 is 20.4 Å². The lowest BCUT2D eigenvalue weighted by Gasteiger charge is -2.23. The molecule has 1 aliphatic heterocycles. The van der Waals surface area contributed by atoms with Crippen molar-refractivity contribution in [2.24, 2.45) is 0 Å². The van der Waals surface area contributed by atoms with E-state index >= 15 is 0 Å². The summed E-state index contributed by atoms with van der Waals surface area (Å²) in [5.41, 5.74) is -0.171. The minimum atomic E-state index is -0.996. The molecule has 2 heterocycles. The van der Waals surface area contributed by atoms with E-state index in [9.17, 15) is 19.2 Å². The van der Waals surface area contributed by atoms with Gasteiger partial charge in [0.15, 0.2) is 5.76 Å². The summed E-state index contributed by atoms with van der Waals surface area (Å²) < 4.78 is 5.03. The summed E-state index contributed by atoms with van der Waals surface area (Å²) in [6.45, 7) is 1.50. The number of anilines is 2. The molecule has 5 amide bonds. The molecule has 3 N–H and O–H groups in total. The minimum absolute atomic E-state index is 0.135. The molecule has 1 aliphatic carbocycles. The first-order chi connectivity index (χ1) is 14.8. The largest absolute Gasteiger partial charge is 0.459 e. The molecular formula is C21H21ClN4O5. The Kier molecular flexibility index (Phi) is 5.45. The minimum Gasteiger partial charge on any atom is -0.459 e. The van der Waals surface area contributed by atoms with Crippen LogP contribution in [0.25, 0.3) is 0 Å². The predicted molar refractivity (Wildman–Crippen MR) is 113 cm³/mol. The molecule has 162 valence electrons. The van der Waals surface area contributed by atoms with Crippen molar-refractivity contribution in [3.05, 3.63) is 47.4 Å². The quantitative estimate of drug-likeness (QED) is 0.610. The van der Waals surface area contributed by atoms with Crippen molar-refractivity contribution in [2.75, 3.05) is 10.6 Å². The van der Waals surface area contributed by atoms with Crippen molar-refractivity contribution in [3.63, 3.8) is 0 Å². The predicted octanol–water partition coefficient (Wildman–Crippen LogP) is 3.38. The molecule has 1 spiro atoms. The summed E-state index contributed by atoms with van der Waals surface area (Å²) in [6.07, 6.45) is 4.28. The maximum Gasteiger partial charge on any atom is 0.325 e. The van der Waals surface area contributed by atoms with Crippen molar-refractivity contribution in [1.82, 2.24) is 10.2 Å². The Balaban J connectivity index is 1.42.